The SMILES string of the molecule is CC(C)c1ccc(OCCNC(=O)CC2C=CCC2)cc1. The van der Waals surface area contributed by atoms with Gasteiger partial charge in [-0.2, -0.15) is 0 Å². The van der Waals surface area contributed by atoms with Crippen LogP contribution in [0.1, 0.15) is 44.6 Å². The van der Waals surface area contributed by atoms with Crippen LogP contribution in [0.2, 0.25) is 0 Å². The highest BCUT2D eigenvalue weighted by Gasteiger charge is 2.13. The molecule has 0 aliphatic heterocycles. The molecule has 0 aromatic heterocycles. The number of ether oxygens (including phenoxy) is 1. The second kappa shape index (κ2) is 7.87. The van der Waals surface area contributed by atoms with Gasteiger partial charge in [-0.1, -0.05) is 38.1 Å². The van der Waals surface area contributed by atoms with Crippen LogP contribution in [0.5, 0.6) is 5.75 Å². The van der Waals surface area contributed by atoms with Crippen LogP contribution in [0.15, 0.2) is 36.4 Å². The molecule has 0 bridgehead atoms. The molecule has 0 fully saturated rings. The molecule has 1 amide bonds. The normalized spacial score (nSPS) is 17.2. The largest absolute Gasteiger partial charge is 0.492 e. The summed E-state index contributed by atoms with van der Waals surface area (Å²) in [5.74, 6) is 1.93. The molecular weight excluding hydrogens is 262 g/mol. The van der Waals surface area contributed by atoms with Gasteiger partial charge in [-0.3, -0.25) is 4.79 Å². The number of benzene rings is 1. The van der Waals surface area contributed by atoms with Gasteiger partial charge in [0.05, 0.1) is 6.54 Å². The van der Waals surface area contributed by atoms with Crippen LogP contribution in [-0.4, -0.2) is 19.1 Å². The zero-order valence-electron chi connectivity index (χ0n) is 13.0. The zero-order valence-corrected chi connectivity index (χ0v) is 13.0. The third kappa shape index (κ3) is 5.25. The average Bonchev–Trinajstić information content (AvgIpc) is 2.97. The molecule has 21 heavy (non-hydrogen) atoms. The molecule has 3 nitrogen and oxygen atoms in total. The van der Waals surface area contributed by atoms with E-state index in [-0.39, 0.29) is 5.91 Å². The van der Waals surface area contributed by atoms with E-state index in [9.17, 15) is 4.79 Å². The van der Waals surface area contributed by atoms with Gasteiger partial charge in [0.1, 0.15) is 12.4 Å². The van der Waals surface area contributed by atoms with Crippen LogP contribution in [0.3, 0.4) is 0 Å². The first-order valence-electron chi connectivity index (χ1n) is 7.81. The highest BCUT2D eigenvalue weighted by Crippen LogP contribution is 2.20. The van der Waals surface area contributed by atoms with E-state index < -0.39 is 0 Å². The van der Waals surface area contributed by atoms with Crippen molar-refractivity contribution >= 4 is 5.91 Å². The lowest BCUT2D eigenvalue weighted by Gasteiger charge is -2.11. The fourth-order valence-electron chi connectivity index (χ4n) is 2.48. The molecule has 1 aromatic carbocycles. The van der Waals surface area contributed by atoms with E-state index in [1.54, 1.807) is 0 Å². The Kier molecular flexibility index (Phi) is 5.85. The maximum Gasteiger partial charge on any atom is 0.220 e. The maximum absolute atomic E-state index is 11.7. The molecule has 0 heterocycles. The lowest BCUT2D eigenvalue weighted by molar-refractivity contribution is -0.121. The van der Waals surface area contributed by atoms with E-state index in [1.165, 1.54) is 5.56 Å². The first kappa shape index (κ1) is 15.6. The van der Waals surface area contributed by atoms with Gasteiger partial charge < -0.3 is 10.1 Å². The highest BCUT2D eigenvalue weighted by atomic mass is 16.5. The summed E-state index contributed by atoms with van der Waals surface area (Å²) >= 11 is 0. The Bertz CT molecular complexity index is 476. The fraction of sp³-hybridized carbons (Fsp3) is 0.500. The van der Waals surface area contributed by atoms with Crippen molar-refractivity contribution in [2.45, 2.75) is 39.0 Å². The van der Waals surface area contributed by atoms with Crippen molar-refractivity contribution in [3.8, 4) is 5.75 Å². The van der Waals surface area contributed by atoms with Gasteiger partial charge in [0, 0.05) is 6.42 Å². The zero-order chi connectivity index (χ0) is 15.1. The first-order chi connectivity index (χ1) is 10.1. The maximum atomic E-state index is 11.7. The summed E-state index contributed by atoms with van der Waals surface area (Å²) in [6, 6.07) is 8.15. The van der Waals surface area contributed by atoms with Crippen molar-refractivity contribution < 1.29 is 9.53 Å². The van der Waals surface area contributed by atoms with Crippen molar-refractivity contribution in [2.75, 3.05) is 13.2 Å². The lowest BCUT2D eigenvalue weighted by atomic mass is 10.0. The number of nitrogens with one attached hydrogen (secondary N) is 1. The smallest absolute Gasteiger partial charge is 0.220 e. The van der Waals surface area contributed by atoms with E-state index in [2.05, 4.69) is 43.4 Å². The molecule has 3 heteroatoms. The fourth-order valence-corrected chi connectivity index (χ4v) is 2.48. The van der Waals surface area contributed by atoms with Crippen LogP contribution in [0.25, 0.3) is 0 Å². The van der Waals surface area contributed by atoms with Crippen molar-refractivity contribution in [1.29, 1.82) is 0 Å². The van der Waals surface area contributed by atoms with Crippen molar-refractivity contribution in [3.05, 3.63) is 42.0 Å². The Labute approximate surface area is 127 Å². The number of carbonyl (C=O) groups is 1. The summed E-state index contributed by atoms with van der Waals surface area (Å²) < 4.78 is 5.63. The van der Waals surface area contributed by atoms with E-state index in [4.69, 9.17) is 4.74 Å². The molecule has 114 valence electrons. The minimum absolute atomic E-state index is 0.116. The van der Waals surface area contributed by atoms with Gasteiger partial charge in [-0.15, -0.1) is 0 Å². The minimum atomic E-state index is 0.116. The molecule has 1 atom stereocenters. The topological polar surface area (TPSA) is 38.3 Å². The van der Waals surface area contributed by atoms with E-state index in [0.717, 1.165) is 18.6 Å². The van der Waals surface area contributed by atoms with Gasteiger partial charge >= 0.3 is 0 Å². The van der Waals surface area contributed by atoms with Gasteiger partial charge in [-0.25, -0.2) is 0 Å². The molecule has 0 spiro atoms. The summed E-state index contributed by atoms with van der Waals surface area (Å²) in [5, 5.41) is 2.91. The molecule has 1 aliphatic rings. The van der Waals surface area contributed by atoms with Crippen LogP contribution < -0.4 is 10.1 Å². The van der Waals surface area contributed by atoms with Crippen molar-refractivity contribution in [1.82, 2.24) is 5.32 Å². The van der Waals surface area contributed by atoms with Crippen LogP contribution in [0, 0.1) is 5.92 Å². The molecule has 2 rings (SSSR count). The van der Waals surface area contributed by atoms with Crippen molar-refractivity contribution in [2.24, 2.45) is 5.92 Å². The first-order valence-corrected chi connectivity index (χ1v) is 7.81. The summed E-state index contributed by atoms with van der Waals surface area (Å²) in [5.41, 5.74) is 1.31. The molecule has 0 saturated carbocycles. The second-order valence-corrected chi connectivity index (χ2v) is 5.89. The quantitative estimate of drug-likeness (QED) is 0.614. The number of amides is 1. The van der Waals surface area contributed by atoms with Crippen LogP contribution in [0.4, 0.5) is 0 Å². The number of hydrogen-bond donors (Lipinski definition) is 1. The Morgan fingerprint density at radius 1 is 1.33 bits per heavy atom. The standard InChI is InChI=1S/C18H25NO2/c1-14(2)16-7-9-17(10-8-16)21-12-11-19-18(20)13-15-5-3-4-6-15/h3,5,7-10,14-15H,4,6,11-13H2,1-2H3,(H,19,20). The van der Waals surface area contributed by atoms with E-state index in [1.807, 2.05) is 12.1 Å². The molecule has 1 unspecified atom stereocenters. The molecule has 1 aliphatic carbocycles. The Hall–Kier alpha value is -1.77. The van der Waals surface area contributed by atoms with E-state index >= 15 is 0 Å². The van der Waals surface area contributed by atoms with Gasteiger partial charge in [0.15, 0.2) is 0 Å². The summed E-state index contributed by atoms with van der Waals surface area (Å²) in [7, 11) is 0. The van der Waals surface area contributed by atoms with Gasteiger partial charge in [0.25, 0.3) is 0 Å². The summed E-state index contributed by atoms with van der Waals surface area (Å²) in [6.07, 6.45) is 7.10. The molecule has 0 saturated heterocycles. The molecule has 1 N–H and O–H groups in total. The predicted octanol–water partition coefficient (Wildman–Crippen LogP) is 3.66. The Morgan fingerprint density at radius 3 is 2.71 bits per heavy atom. The number of hydrogen-bond acceptors (Lipinski definition) is 2. The Balaban J connectivity index is 1.62. The minimum Gasteiger partial charge on any atom is -0.492 e. The van der Waals surface area contributed by atoms with Gasteiger partial charge in [-0.05, 0) is 42.4 Å². The summed E-state index contributed by atoms with van der Waals surface area (Å²) in [6.45, 7) is 5.41. The third-order valence-electron chi connectivity index (χ3n) is 3.80. The molecule has 0 radical (unpaired) electrons. The summed E-state index contributed by atoms with van der Waals surface area (Å²) in [4.78, 5) is 11.7. The van der Waals surface area contributed by atoms with Crippen LogP contribution in [-0.2, 0) is 4.79 Å². The highest BCUT2D eigenvalue weighted by molar-refractivity contribution is 5.76. The van der Waals surface area contributed by atoms with Crippen molar-refractivity contribution in [3.63, 3.8) is 0 Å². The second-order valence-electron chi connectivity index (χ2n) is 5.89. The predicted molar refractivity (Wildman–Crippen MR) is 85.5 cm³/mol. The van der Waals surface area contributed by atoms with Gasteiger partial charge in [0.2, 0.25) is 5.91 Å². The molecular formula is C18H25NO2. The molecule has 1 aromatic rings. The number of allylic oxidation sites excluding steroid dienone is 2. The third-order valence-corrected chi connectivity index (χ3v) is 3.80. The van der Waals surface area contributed by atoms with Crippen LogP contribution >= 0.6 is 0 Å². The monoisotopic (exact) mass is 287 g/mol. The number of carbonyl (C=O) groups excluding carboxylic acids is 1. The lowest BCUT2D eigenvalue weighted by Crippen LogP contribution is -2.29. The van der Waals surface area contributed by atoms with E-state index in [0.29, 0.717) is 31.4 Å². The number of rotatable bonds is 7. The average molecular weight is 287 g/mol. The Morgan fingerprint density at radius 2 is 2.10 bits per heavy atom.